The number of carbonyl (C=O) groups is 1. The summed E-state index contributed by atoms with van der Waals surface area (Å²) in [6.45, 7) is 5.63. The zero-order valence-corrected chi connectivity index (χ0v) is 17.8. The lowest BCUT2D eigenvalue weighted by molar-refractivity contribution is -0.148. The van der Waals surface area contributed by atoms with Crippen molar-refractivity contribution in [3.63, 3.8) is 0 Å². The second kappa shape index (κ2) is 8.37. The molecule has 1 saturated heterocycles. The van der Waals surface area contributed by atoms with Crippen LogP contribution in [0.5, 0.6) is 0 Å². The van der Waals surface area contributed by atoms with Crippen molar-refractivity contribution in [2.75, 3.05) is 36.4 Å². The van der Waals surface area contributed by atoms with E-state index in [1.807, 2.05) is 41.9 Å². The van der Waals surface area contributed by atoms with Gasteiger partial charge in [-0.25, -0.2) is 9.97 Å². The number of amides is 1. The Labute approximate surface area is 179 Å². The van der Waals surface area contributed by atoms with Gasteiger partial charge in [0.05, 0.1) is 17.6 Å². The first kappa shape index (κ1) is 20.2. The molecule has 0 radical (unpaired) electrons. The summed E-state index contributed by atoms with van der Waals surface area (Å²) in [5.41, 5.74) is 1.35. The highest BCUT2D eigenvalue weighted by atomic mass is 32.1. The average Bonchev–Trinajstić information content (AvgIpc) is 3.22. The van der Waals surface area contributed by atoms with E-state index in [4.69, 9.17) is 0 Å². The number of pyridine rings is 2. The molecule has 0 aliphatic carbocycles. The van der Waals surface area contributed by atoms with Crippen molar-refractivity contribution >= 4 is 33.9 Å². The number of aromatic nitrogens is 3. The van der Waals surface area contributed by atoms with Crippen molar-refractivity contribution < 1.29 is 9.90 Å². The molecule has 1 fully saturated rings. The molecule has 1 aliphatic rings. The molecule has 8 nitrogen and oxygen atoms in total. The first-order valence-electron chi connectivity index (χ1n) is 9.77. The second-order valence-electron chi connectivity index (χ2n) is 7.62. The Balaban J connectivity index is 1.35. The highest BCUT2D eigenvalue weighted by molar-refractivity contribution is 7.14. The molecule has 0 aromatic carbocycles. The molecule has 1 aliphatic heterocycles. The van der Waals surface area contributed by atoms with Crippen LogP contribution in [0.15, 0.2) is 48.1 Å². The number of carbonyl (C=O) groups excluding carboxylic acids is 1. The van der Waals surface area contributed by atoms with Crippen LogP contribution in [0.1, 0.15) is 13.8 Å². The molecule has 30 heavy (non-hydrogen) atoms. The lowest BCUT2D eigenvalue weighted by Crippen LogP contribution is -2.54. The fraction of sp³-hybridized carbons (Fsp3) is 0.333. The maximum atomic E-state index is 12.2. The Morgan fingerprint density at radius 1 is 1.10 bits per heavy atom. The van der Waals surface area contributed by atoms with Crippen LogP contribution in [0.3, 0.4) is 0 Å². The van der Waals surface area contributed by atoms with Gasteiger partial charge in [0.1, 0.15) is 17.1 Å². The van der Waals surface area contributed by atoms with Crippen LogP contribution < -0.4 is 10.2 Å². The molecular weight excluding hydrogens is 400 g/mol. The zero-order chi connectivity index (χ0) is 21.1. The second-order valence-corrected chi connectivity index (χ2v) is 8.48. The standard InChI is InChI=1S/C21H24N6O2S/c1-21(2,29)19(28)27-11-9-26(10-12-27)15-6-7-18(23-13-15)25-20-24-17(14-30-20)16-5-3-4-8-22-16/h3-8,13-14,29H,9-12H2,1-2H3,(H,23,24,25). The normalized spacial score (nSPS) is 14.6. The zero-order valence-electron chi connectivity index (χ0n) is 16.9. The monoisotopic (exact) mass is 424 g/mol. The third-order valence-electron chi connectivity index (χ3n) is 4.87. The van der Waals surface area contributed by atoms with Gasteiger partial charge in [0.15, 0.2) is 5.13 Å². The first-order chi connectivity index (χ1) is 14.4. The number of hydrogen-bond acceptors (Lipinski definition) is 8. The summed E-state index contributed by atoms with van der Waals surface area (Å²) < 4.78 is 0. The molecule has 0 bridgehead atoms. The SMILES string of the molecule is CC(C)(O)C(=O)N1CCN(c2ccc(Nc3nc(-c4ccccn4)cs3)nc2)CC1. The van der Waals surface area contributed by atoms with Crippen LogP contribution >= 0.6 is 11.3 Å². The third-order valence-corrected chi connectivity index (χ3v) is 5.63. The Morgan fingerprint density at radius 2 is 1.90 bits per heavy atom. The summed E-state index contributed by atoms with van der Waals surface area (Å²) in [4.78, 5) is 29.5. The van der Waals surface area contributed by atoms with Gasteiger partial charge in [0.25, 0.3) is 5.91 Å². The van der Waals surface area contributed by atoms with Crippen LogP contribution in [0.2, 0.25) is 0 Å². The fourth-order valence-corrected chi connectivity index (χ4v) is 3.99. The lowest BCUT2D eigenvalue weighted by atomic mass is 10.1. The minimum atomic E-state index is -1.33. The van der Waals surface area contributed by atoms with Crippen molar-refractivity contribution in [1.82, 2.24) is 19.9 Å². The molecule has 0 saturated carbocycles. The molecule has 3 aromatic rings. The molecule has 4 heterocycles. The molecule has 0 spiro atoms. The molecule has 0 unspecified atom stereocenters. The predicted molar refractivity (Wildman–Crippen MR) is 118 cm³/mol. The maximum Gasteiger partial charge on any atom is 0.254 e. The molecule has 3 aromatic heterocycles. The van der Waals surface area contributed by atoms with E-state index in [1.54, 1.807) is 11.1 Å². The molecule has 1 amide bonds. The number of nitrogens with zero attached hydrogens (tertiary/aromatic N) is 5. The molecule has 156 valence electrons. The van der Waals surface area contributed by atoms with Crippen molar-refractivity contribution in [2.24, 2.45) is 0 Å². The summed E-state index contributed by atoms with van der Waals surface area (Å²) in [6.07, 6.45) is 3.57. The number of anilines is 3. The van der Waals surface area contributed by atoms with E-state index >= 15 is 0 Å². The smallest absolute Gasteiger partial charge is 0.254 e. The van der Waals surface area contributed by atoms with E-state index in [9.17, 15) is 9.90 Å². The minimum absolute atomic E-state index is 0.228. The van der Waals surface area contributed by atoms with E-state index in [0.29, 0.717) is 26.2 Å². The quantitative estimate of drug-likeness (QED) is 0.650. The summed E-state index contributed by atoms with van der Waals surface area (Å²) in [5.74, 6) is 0.491. The highest BCUT2D eigenvalue weighted by Gasteiger charge is 2.31. The number of hydrogen-bond donors (Lipinski definition) is 2. The van der Waals surface area contributed by atoms with Crippen LogP contribution in [-0.4, -0.2) is 62.6 Å². The Hall–Kier alpha value is -3.04. The van der Waals surface area contributed by atoms with Gasteiger partial charge in [0.2, 0.25) is 0 Å². The van der Waals surface area contributed by atoms with Crippen LogP contribution in [0, 0.1) is 0 Å². The van der Waals surface area contributed by atoms with Crippen LogP contribution in [0.25, 0.3) is 11.4 Å². The molecular formula is C21H24N6O2S. The Morgan fingerprint density at radius 3 is 2.53 bits per heavy atom. The fourth-order valence-electron chi connectivity index (χ4n) is 3.27. The topological polar surface area (TPSA) is 94.5 Å². The summed E-state index contributed by atoms with van der Waals surface area (Å²) in [6, 6.07) is 9.68. The van der Waals surface area contributed by atoms with E-state index in [-0.39, 0.29) is 5.91 Å². The van der Waals surface area contributed by atoms with Crippen molar-refractivity contribution in [2.45, 2.75) is 19.4 Å². The van der Waals surface area contributed by atoms with E-state index < -0.39 is 5.60 Å². The van der Waals surface area contributed by atoms with Gasteiger partial charge < -0.3 is 20.2 Å². The summed E-state index contributed by atoms with van der Waals surface area (Å²) in [5, 5.41) is 15.9. The van der Waals surface area contributed by atoms with Crippen molar-refractivity contribution in [3.05, 3.63) is 48.1 Å². The van der Waals surface area contributed by atoms with Crippen LogP contribution in [-0.2, 0) is 4.79 Å². The Kier molecular flexibility index (Phi) is 5.65. The lowest BCUT2D eigenvalue weighted by Gasteiger charge is -2.38. The Bertz CT molecular complexity index is 992. The van der Waals surface area contributed by atoms with Crippen LogP contribution in [0.4, 0.5) is 16.6 Å². The predicted octanol–water partition coefficient (Wildman–Crippen LogP) is 2.76. The minimum Gasteiger partial charge on any atom is -0.381 e. The third kappa shape index (κ3) is 4.58. The molecule has 2 N–H and O–H groups in total. The number of rotatable bonds is 5. The summed E-state index contributed by atoms with van der Waals surface area (Å²) >= 11 is 1.51. The highest BCUT2D eigenvalue weighted by Crippen LogP contribution is 2.26. The van der Waals surface area contributed by atoms with E-state index in [0.717, 1.165) is 28.0 Å². The number of piperazine rings is 1. The van der Waals surface area contributed by atoms with Gasteiger partial charge in [-0.15, -0.1) is 11.3 Å². The van der Waals surface area contributed by atoms with Gasteiger partial charge in [-0.2, -0.15) is 0 Å². The number of thiazole rings is 1. The number of nitrogens with one attached hydrogen (secondary N) is 1. The van der Waals surface area contributed by atoms with E-state index in [2.05, 4.69) is 25.2 Å². The van der Waals surface area contributed by atoms with Crippen molar-refractivity contribution in [1.29, 1.82) is 0 Å². The molecule has 9 heteroatoms. The van der Waals surface area contributed by atoms with Gasteiger partial charge in [-0.1, -0.05) is 6.07 Å². The maximum absolute atomic E-state index is 12.2. The first-order valence-corrected chi connectivity index (χ1v) is 10.6. The summed E-state index contributed by atoms with van der Waals surface area (Å²) in [7, 11) is 0. The molecule has 4 rings (SSSR count). The van der Waals surface area contributed by atoms with Gasteiger partial charge >= 0.3 is 0 Å². The van der Waals surface area contributed by atoms with Gasteiger partial charge in [-0.3, -0.25) is 9.78 Å². The number of aliphatic hydroxyl groups is 1. The van der Waals surface area contributed by atoms with Gasteiger partial charge in [0, 0.05) is 37.8 Å². The largest absolute Gasteiger partial charge is 0.381 e. The molecule has 0 atom stereocenters. The van der Waals surface area contributed by atoms with Gasteiger partial charge in [-0.05, 0) is 38.1 Å². The average molecular weight is 425 g/mol. The van der Waals surface area contributed by atoms with Crippen molar-refractivity contribution in [3.8, 4) is 11.4 Å². The van der Waals surface area contributed by atoms with E-state index in [1.165, 1.54) is 25.2 Å².